The summed E-state index contributed by atoms with van der Waals surface area (Å²) >= 11 is 0. The molecule has 142 valence electrons. The van der Waals surface area contributed by atoms with Gasteiger partial charge in [0.25, 0.3) is 0 Å². The third-order valence-corrected chi connectivity index (χ3v) is 7.16. The maximum atomic E-state index is 9.61. The van der Waals surface area contributed by atoms with Gasteiger partial charge in [0.2, 0.25) is 0 Å². The Bertz CT molecular complexity index is 421. The van der Waals surface area contributed by atoms with Gasteiger partial charge in [-0.1, -0.05) is 56.9 Å². The average molecular weight is 345 g/mol. The van der Waals surface area contributed by atoms with E-state index in [-0.39, 0.29) is 6.10 Å². The topological polar surface area (TPSA) is 20.2 Å². The van der Waals surface area contributed by atoms with Crippen LogP contribution in [0.4, 0.5) is 0 Å². The van der Waals surface area contributed by atoms with E-state index in [1.54, 1.807) is 0 Å². The van der Waals surface area contributed by atoms with Gasteiger partial charge in [-0.3, -0.25) is 0 Å². The third kappa shape index (κ3) is 6.59. The summed E-state index contributed by atoms with van der Waals surface area (Å²) in [5.74, 6) is 4.31. The van der Waals surface area contributed by atoms with E-state index in [0.29, 0.717) is 0 Å². The van der Waals surface area contributed by atoms with E-state index in [1.165, 1.54) is 70.6 Å². The lowest BCUT2D eigenvalue weighted by Gasteiger charge is -2.28. The molecule has 2 atom stereocenters. The molecule has 1 nitrogen and oxygen atoms in total. The predicted molar refractivity (Wildman–Crippen MR) is 107 cm³/mol. The SMILES string of the molecule is CC1CCC(/C=C/C2CCCC(C/C=C/C3CCC(O)CC3)C2)CC1. The van der Waals surface area contributed by atoms with Gasteiger partial charge in [-0.2, -0.15) is 0 Å². The first-order chi connectivity index (χ1) is 12.2. The second-order valence-corrected chi connectivity index (χ2v) is 9.43. The molecular weight excluding hydrogens is 304 g/mol. The minimum absolute atomic E-state index is 0.0251. The molecule has 3 fully saturated rings. The van der Waals surface area contributed by atoms with Crippen molar-refractivity contribution in [3.63, 3.8) is 0 Å². The Balaban J connectivity index is 1.37. The summed E-state index contributed by atoms with van der Waals surface area (Å²) in [5.41, 5.74) is 0. The molecule has 0 amide bonds. The van der Waals surface area contributed by atoms with Gasteiger partial charge in [0.1, 0.15) is 0 Å². The average Bonchev–Trinajstić information content (AvgIpc) is 2.63. The fourth-order valence-electron chi connectivity index (χ4n) is 5.27. The summed E-state index contributed by atoms with van der Waals surface area (Å²) in [4.78, 5) is 0. The van der Waals surface area contributed by atoms with E-state index in [9.17, 15) is 5.11 Å². The zero-order valence-corrected chi connectivity index (χ0v) is 16.4. The van der Waals surface area contributed by atoms with Gasteiger partial charge in [-0.25, -0.2) is 0 Å². The molecule has 0 aromatic heterocycles. The molecule has 3 rings (SSSR count). The molecule has 1 heteroatoms. The van der Waals surface area contributed by atoms with Gasteiger partial charge in [-0.05, 0) is 87.4 Å². The molecule has 0 bridgehead atoms. The second-order valence-electron chi connectivity index (χ2n) is 9.43. The quantitative estimate of drug-likeness (QED) is 0.552. The van der Waals surface area contributed by atoms with Crippen molar-refractivity contribution in [3.05, 3.63) is 24.3 Å². The minimum atomic E-state index is -0.0251. The van der Waals surface area contributed by atoms with E-state index in [0.717, 1.165) is 42.4 Å². The predicted octanol–water partition coefficient (Wildman–Crippen LogP) is 6.67. The molecule has 3 aliphatic carbocycles. The molecule has 0 aliphatic heterocycles. The van der Waals surface area contributed by atoms with Crippen molar-refractivity contribution >= 4 is 0 Å². The van der Waals surface area contributed by atoms with Crippen molar-refractivity contribution in [1.29, 1.82) is 0 Å². The lowest BCUT2D eigenvalue weighted by atomic mass is 9.78. The first kappa shape index (κ1) is 19.2. The number of hydrogen-bond acceptors (Lipinski definition) is 1. The highest BCUT2D eigenvalue weighted by atomic mass is 16.3. The van der Waals surface area contributed by atoms with Crippen LogP contribution in [0.3, 0.4) is 0 Å². The van der Waals surface area contributed by atoms with E-state index in [1.807, 2.05) is 0 Å². The van der Waals surface area contributed by atoms with Crippen LogP contribution in [0.5, 0.6) is 0 Å². The van der Waals surface area contributed by atoms with Crippen LogP contribution in [-0.4, -0.2) is 11.2 Å². The van der Waals surface area contributed by atoms with Gasteiger partial charge in [0.15, 0.2) is 0 Å². The standard InChI is InChI=1S/C24H40O/c1-19-8-10-21(11-9-19)12-13-23-7-3-6-22(18-23)5-2-4-20-14-16-24(25)17-15-20/h2,4,12-13,19-25H,3,5-11,14-18H2,1H3/b4-2+,13-12+. The molecule has 0 aromatic rings. The van der Waals surface area contributed by atoms with Crippen LogP contribution in [0.2, 0.25) is 0 Å². The van der Waals surface area contributed by atoms with E-state index in [4.69, 9.17) is 0 Å². The van der Waals surface area contributed by atoms with Crippen molar-refractivity contribution < 1.29 is 5.11 Å². The Morgan fingerprint density at radius 2 is 1.36 bits per heavy atom. The molecule has 0 heterocycles. The number of allylic oxidation sites excluding steroid dienone is 4. The number of aliphatic hydroxyl groups is 1. The summed E-state index contributed by atoms with van der Waals surface area (Å²) in [7, 11) is 0. The van der Waals surface area contributed by atoms with Crippen LogP contribution < -0.4 is 0 Å². The minimum Gasteiger partial charge on any atom is -0.393 e. The summed E-state index contributed by atoms with van der Waals surface area (Å²) in [5, 5.41) is 9.61. The van der Waals surface area contributed by atoms with Crippen LogP contribution in [-0.2, 0) is 0 Å². The monoisotopic (exact) mass is 344 g/mol. The normalized spacial score (nSPS) is 40.7. The lowest BCUT2D eigenvalue weighted by molar-refractivity contribution is 0.118. The van der Waals surface area contributed by atoms with Crippen LogP contribution in [0.25, 0.3) is 0 Å². The molecular formula is C24H40O. The summed E-state index contributed by atoms with van der Waals surface area (Å²) in [6, 6.07) is 0. The van der Waals surface area contributed by atoms with Crippen LogP contribution in [0.15, 0.2) is 24.3 Å². The zero-order chi connectivity index (χ0) is 17.5. The van der Waals surface area contributed by atoms with Crippen molar-refractivity contribution in [1.82, 2.24) is 0 Å². The molecule has 25 heavy (non-hydrogen) atoms. The van der Waals surface area contributed by atoms with Crippen molar-refractivity contribution in [2.24, 2.45) is 29.6 Å². The van der Waals surface area contributed by atoms with Crippen molar-refractivity contribution in [2.45, 2.75) is 96.5 Å². The third-order valence-electron chi connectivity index (χ3n) is 7.16. The first-order valence-corrected chi connectivity index (χ1v) is 11.2. The van der Waals surface area contributed by atoms with Gasteiger partial charge in [-0.15, -0.1) is 0 Å². The maximum absolute atomic E-state index is 9.61. The number of aliphatic hydroxyl groups excluding tert-OH is 1. The van der Waals surface area contributed by atoms with E-state index < -0.39 is 0 Å². The molecule has 0 spiro atoms. The highest BCUT2D eigenvalue weighted by molar-refractivity contribution is 4.98. The number of hydrogen-bond donors (Lipinski definition) is 1. The van der Waals surface area contributed by atoms with E-state index in [2.05, 4.69) is 31.2 Å². The van der Waals surface area contributed by atoms with Crippen molar-refractivity contribution in [2.75, 3.05) is 0 Å². The first-order valence-electron chi connectivity index (χ1n) is 11.2. The summed E-state index contributed by atoms with van der Waals surface area (Å²) < 4.78 is 0. The molecule has 3 aliphatic rings. The largest absolute Gasteiger partial charge is 0.393 e. The molecule has 1 N–H and O–H groups in total. The Morgan fingerprint density at radius 3 is 2.12 bits per heavy atom. The molecule has 2 unspecified atom stereocenters. The fraction of sp³-hybridized carbons (Fsp3) is 0.833. The smallest absolute Gasteiger partial charge is 0.0540 e. The highest BCUT2D eigenvalue weighted by Crippen LogP contribution is 2.34. The Morgan fingerprint density at radius 1 is 0.720 bits per heavy atom. The Hall–Kier alpha value is -0.560. The van der Waals surface area contributed by atoms with Crippen LogP contribution in [0.1, 0.15) is 90.4 Å². The molecule has 0 radical (unpaired) electrons. The second kappa shape index (κ2) is 9.95. The van der Waals surface area contributed by atoms with Gasteiger partial charge < -0.3 is 5.11 Å². The fourth-order valence-corrected chi connectivity index (χ4v) is 5.27. The maximum Gasteiger partial charge on any atom is 0.0540 e. The zero-order valence-electron chi connectivity index (χ0n) is 16.4. The Labute approximate surface area is 156 Å². The van der Waals surface area contributed by atoms with Gasteiger partial charge >= 0.3 is 0 Å². The van der Waals surface area contributed by atoms with Crippen molar-refractivity contribution in [3.8, 4) is 0 Å². The lowest BCUT2D eigenvalue weighted by Crippen LogP contribution is -2.17. The summed E-state index contributed by atoms with van der Waals surface area (Å²) in [6.45, 7) is 2.41. The van der Waals surface area contributed by atoms with E-state index >= 15 is 0 Å². The molecule has 3 saturated carbocycles. The molecule has 0 aromatic carbocycles. The Kier molecular flexibility index (Phi) is 7.65. The molecule has 0 saturated heterocycles. The van der Waals surface area contributed by atoms with Crippen LogP contribution in [0, 0.1) is 29.6 Å². The summed E-state index contributed by atoms with van der Waals surface area (Å²) in [6.07, 6.45) is 27.2. The highest BCUT2D eigenvalue weighted by Gasteiger charge is 2.21. The van der Waals surface area contributed by atoms with Gasteiger partial charge in [0, 0.05) is 0 Å². The van der Waals surface area contributed by atoms with Gasteiger partial charge in [0.05, 0.1) is 6.10 Å². The van der Waals surface area contributed by atoms with Crippen LogP contribution >= 0.6 is 0 Å². The number of rotatable bonds is 5.